The summed E-state index contributed by atoms with van der Waals surface area (Å²) in [5, 5.41) is 0. The van der Waals surface area contributed by atoms with E-state index in [1.807, 2.05) is 36.5 Å². The molecule has 0 fully saturated rings. The molecule has 5 heteroatoms. The molecule has 2 aromatic heterocycles. The van der Waals surface area contributed by atoms with Crippen LogP contribution in [0.15, 0.2) is 59.0 Å². The number of nitrogens with zero attached hydrogens (tertiary/aromatic N) is 1. The highest BCUT2D eigenvalue weighted by Gasteiger charge is 2.26. The average molecular weight is 240 g/mol. The molecule has 2 aromatic rings. The Morgan fingerprint density at radius 3 is 2.94 bits per heavy atom. The lowest BCUT2D eigenvalue weighted by Gasteiger charge is -2.04. The van der Waals surface area contributed by atoms with Crippen LogP contribution >= 0.6 is 0 Å². The molecule has 3 heterocycles. The molecule has 0 saturated carbocycles. The molecule has 1 aliphatic rings. The Morgan fingerprint density at radius 2 is 2.28 bits per heavy atom. The first-order chi connectivity index (χ1) is 8.90. The van der Waals surface area contributed by atoms with Gasteiger partial charge in [0.05, 0.1) is 12.0 Å². The topological polar surface area (TPSA) is 31.9 Å². The van der Waals surface area contributed by atoms with E-state index in [9.17, 15) is 4.32 Å². The molecule has 0 saturated heterocycles. The standard InChI is InChI=1S/C13H10BFN2O/c15-14-17-8-2-5-11(17)13(10-4-1-7-16-10)12-6-3-9-18-12/h1-9,16H/q+1. The van der Waals surface area contributed by atoms with Crippen LogP contribution in [-0.2, 0) is 0 Å². The number of aromatic nitrogens is 1. The van der Waals surface area contributed by atoms with Crippen LogP contribution in [0.25, 0.3) is 5.57 Å². The van der Waals surface area contributed by atoms with Crippen molar-refractivity contribution in [1.82, 2.24) is 4.98 Å². The Balaban J connectivity index is 2.21. The first-order valence-corrected chi connectivity index (χ1v) is 5.55. The zero-order valence-corrected chi connectivity index (χ0v) is 9.51. The maximum Gasteiger partial charge on any atom is 0.792 e. The Kier molecular flexibility index (Phi) is 2.72. The molecule has 0 bridgehead atoms. The van der Waals surface area contributed by atoms with Crippen LogP contribution in [0.2, 0.25) is 0 Å². The number of furan rings is 1. The number of rotatable bonds is 3. The summed E-state index contributed by atoms with van der Waals surface area (Å²) in [6, 6.07) is 7.48. The van der Waals surface area contributed by atoms with Crippen molar-refractivity contribution < 1.29 is 13.2 Å². The van der Waals surface area contributed by atoms with E-state index in [-0.39, 0.29) is 0 Å². The number of hydrogen-bond acceptors (Lipinski definition) is 1. The molecular weight excluding hydrogens is 230 g/mol. The van der Waals surface area contributed by atoms with Gasteiger partial charge in [0.15, 0.2) is 5.70 Å². The molecule has 0 unspecified atom stereocenters. The number of nitrogens with one attached hydrogen (secondary N) is 1. The Bertz CT molecular complexity index is 588. The summed E-state index contributed by atoms with van der Waals surface area (Å²) >= 11 is 0. The predicted octanol–water partition coefficient (Wildman–Crippen LogP) is 2.52. The SMILES string of the molecule is F[B][N+]1=CC=C/C1=C(/c1ccc[nH]1)c1ccco1. The molecule has 1 N–H and O–H groups in total. The lowest BCUT2D eigenvalue weighted by Crippen LogP contribution is -2.11. The minimum Gasteiger partial charge on any atom is -0.464 e. The molecule has 18 heavy (non-hydrogen) atoms. The van der Waals surface area contributed by atoms with Gasteiger partial charge in [0.25, 0.3) is 0 Å². The van der Waals surface area contributed by atoms with Crippen LogP contribution in [0.3, 0.4) is 0 Å². The molecule has 3 rings (SSSR count). The van der Waals surface area contributed by atoms with Gasteiger partial charge >= 0.3 is 7.69 Å². The summed E-state index contributed by atoms with van der Waals surface area (Å²) < 4.78 is 19.7. The van der Waals surface area contributed by atoms with Crippen molar-refractivity contribution in [3.63, 3.8) is 0 Å². The maximum absolute atomic E-state index is 12.8. The molecule has 87 valence electrons. The number of halogens is 1. The summed E-state index contributed by atoms with van der Waals surface area (Å²) in [5.74, 6) is 0.694. The normalized spacial score (nSPS) is 16.8. The predicted molar refractivity (Wildman–Crippen MR) is 67.8 cm³/mol. The van der Waals surface area contributed by atoms with E-state index >= 15 is 0 Å². The highest BCUT2D eigenvalue weighted by molar-refractivity contribution is 6.17. The summed E-state index contributed by atoms with van der Waals surface area (Å²) in [5.41, 5.74) is 2.44. The number of H-pyrrole nitrogens is 1. The summed E-state index contributed by atoms with van der Waals surface area (Å²) in [6.45, 7) is 0. The number of hydrogen-bond donors (Lipinski definition) is 1. The van der Waals surface area contributed by atoms with Gasteiger partial charge in [0.2, 0.25) is 0 Å². The van der Waals surface area contributed by atoms with Crippen molar-refractivity contribution in [2.45, 2.75) is 0 Å². The van der Waals surface area contributed by atoms with Gasteiger partial charge in [-0.15, -0.1) is 0 Å². The van der Waals surface area contributed by atoms with Gasteiger partial charge in [-0.1, -0.05) is 0 Å². The highest BCUT2D eigenvalue weighted by Crippen LogP contribution is 2.28. The monoisotopic (exact) mass is 240 g/mol. The maximum atomic E-state index is 12.8. The van der Waals surface area contributed by atoms with E-state index in [2.05, 4.69) is 4.98 Å². The summed E-state index contributed by atoms with van der Waals surface area (Å²) in [6.07, 6.45) is 8.71. The van der Waals surface area contributed by atoms with Crippen LogP contribution in [0.1, 0.15) is 11.5 Å². The molecule has 1 radical (unpaired) electrons. The quantitative estimate of drug-likeness (QED) is 0.821. The zero-order valence-electron chi connectivity index (χ0n) is 9.51. The lowest BCUT2D eigenvalue weighted by molar-refractivity contribution is -0.312. The van der Waals surface area contributed by atoms with Gasteiger partial charge in [-0.05, 0) is 24.3 Å². The van der Waals surface area contributed by atoms with E-state index in [1.165, 1.54) is 4.49 Å². The van der Waals surface area contributed by atoms with Crippen molar-refractivity contribution in [2.24, 2.45) is 0 Å². The van der Waals surface area contributed by atoms with Gasteiger partial charge < -0.3 is 9.40 Å². The van der Waals surface area contributed by atoms with E-state index in [1.54, 1.807) is 18.6 Å². The van der Waals surface area contributed by atoms with Crippen molar-refractivity contribution in [2.75, 3.05) is 0 Å². The number of allylic oxidation sites excluding steroid dienone is 2. The third kappa shape index (κ3) is 1.74. The second-order valence-electron chi connectivity index (χ2n) is 3.83. The van der Waals surface area contributed by atoms with Crippen molar-refractivity contribution in [3.8, 4) is 0 Å². The molecule has 3 nitrogen and oxygen atoms in total. The zero-order chi connectivity index (χ0) is 12.4. The second-order valence-corrected chi connectivity index (χ2v) is 3.83. The molecule has 0 atom stereocenters. The molecule has 0 aromatic carbocycles. The second kappa shape index (κ2) is 4.53. The van der Waals surface area contributed by atoms with Crippen molar-refractivity contribution in [1.29, 1.82) is 0 Å². The van der Waals surface area contributed by atoms with Gasteiger partial charge in [-0.2, -0.15) is 0 Å². The minimum atomic E-state index is 0.529. The van der Waals surface area contributed by atoms with Crippen molar-refractivity contribution >= 4 is 19.5 Å². The lowest BCUT2D eigenvalue weighted by atomic mass is 10.1. The molecule has 0 amide bonds. The van der Waals surface area contributed by atoms with Crippen molar-refractivity contribution in [3.05, 3.63) is 66.0 Å². The van der Waals surface area contributed by atoms with E-state index < -0.39 is 0 Å². The van der Waals surface area contributed by atoms with E-state index in [0.29, 0.717) is 13.5 Å². The van der Waals surface area contributed by atoms with Gasteiger partial charge in [0, 0.05) is 18.3 Å². The Labute approximate surface area is 104 Å². The molecular formula is C13H10BFN2O+. The Hall–Kier alpha value is -2.30. The average Bonchev–Trinajstić information content (AvgIpc) is 3.13. The first-order valence-electron chi connectivity index (χ1n) is 5.55. The molecule has 1 aliphatic heterocycles. The third-order valence-corrected chi connectivity index (χ3v) is 2.78. The fourth-order valence-electron chi connectivity index (χ4n) is 1.99. The smallest absolute Gasteiger partial charge is 0.464 e. The van der Waals surface area contributed by atoms with Crippen LogP contribution < -0.4 is 0 Å². The summed E-state index contributed by atoms with van der Waals surface area (Å²) in [4.78, 5) is 3.12. The fraction of sp³-hybridized carbons (Fsp3) is 0. The molecule has 0 spiro atoms. The Morgan fingerprint density at radius 1 is 1.33 bits per heavy atom. The van der Waals surface area contributed by atoms with Crippen LogP contribution in [0.4, 0.5) is 4.32 Å². The van der Waals surface area contributed by atoms with E-state index in [4.69, 9.17) is 4.42 Å². The van der Waals surface area contributed by atoms with Gasteiger partial charge in [-0.25, -0.2) is 4.32 Å². The van der Waals surface area contributed by atoms with Gasteiger partial charge in [-0.3, -0.25) is 4.49 Å². The molecule has 0 aliphatic carbocycles. The fourth-order valence-corrected chi connectivity index (χ4v) is 1.99. The van der Waals surface area contributed by atoms with Crippen LogP contribution in [-0.4, -0.2) is 23.4 Å². The number of aromatic amines is 1. The highest BCUT2D eigenvalue weighted by atomic mass is 19.1. The van der Waals surface area contributed by atoms with Crippen LogP contribution in [0.5, 0.6) is 0 Å². The first kappa shape index (κ1) is 10.8. The largest absolute Gasteiger partial charge is 0.792 e. The third-order valence-electron chi connectivity index (χ3n) is 2.78. The van der Waals surface area contributed by atoms with Crippen LogP contribution in [0, 0.1) is 0 Å². The summed E-state index contributed by atoms with van der Waals surface area (Å²) in [7, 11) is 0.529. The van der Waals surface area contributed by atoms with Gasteiger partial charge in [0.1, 0.15) is 17.5 Å². The van der Waals surface area contributed by atoms with E-state index in [0.717, 1.165) is 17.0 Å². The minimum absolute atomic E-state index is 0.529.